The van der Waals surface area contributed by atoms with E-state index in [1.165, 1.54) is 9.75 Å². The Balaban J connectivity index is 2.14. The van der Waals surface area contributed by atoms with E-state index in [-0.39, 0.29) is 5.91 Å². The SMILES string of the molecule is CNC(=O)c1ccc(C)c(NCc2cc(Br)c(C)s2)c1. The van der Waals surface area contributed by atoms with Gasteiger partial charge >= 0.3 is 0 Å². The Hall–Kier alpha value is -1.33. The van der Waals surface area contributed by atoms with E-state index < -0.39 is 0 Å². The van der Waals surface area contributed by atoms with Crippen molar-refractivity contribution in [1.82, 2.24) is 5.32 Å². The van der Waals surface area contributed by atoms with Gasteiger partial charge in [-0.05, 0) is 53.5 Å². The summed E-state index contributed by atoms with van der Waals surface area (Å²) in [4.78, 5) is 14.2. The lowest BCUT2D eigenvalue weighted by molar-refractivity contribution is 0.0963. The average Bonchev–Trinajstić information content (AvgIpc) is 2.76. The van der Waals surface area contributed by atoms with Crippen molar-refractivity contribution in [2.24, 2.45) is 0 Å². The van der Waals surface area contributed by atoms with E-state index in [0.29, 0.717) is 5.56 Å². The molecule has 0 unspecified atom stereocenters. The summed E-state index contributed by atoms with van der Waals surface area (Å²) < 4.78 is 1.15. The van der Waals surface area contributed by atoms with Crippen LogP contribution in [0.15, 0.2) is 28.7 Å². The first-order chi connectivity index (χ1) is 9.51. The zero-order valence-electron chi connectivity index (χ0n) is 11.7. The first-order valence-electron chi connectivity index (χ1n) is 6.32. The molecule has 0 spiro atoms. The number of hydrogen-bond acceptors (Lipinski definition) is 3. The van der Waals surface area contributed by atoms with E-state index in [1.54, 1.807) is 18.4 Å². The van der Waals surface area contributed by atoms with E-state index in [1.807, 2.05) is 25.1 Å². The Morgan fingerprint density at radius 2 is 2.05 bits per heavy atom. The largest absolute Gasteiger partial charge is 0.380 e. The second-order valence-corrected chi connectivity index (χ2v) is 6.77. The molecule has 0 radical (unpaired) electrons. The summed E-state index contributed by atoms with van der Waals surface area (Å²) in [5.74, 6) is -0.0669. The topological polar surface area (TPSA) is 41.1 Å². The lowest BCUT2D eigenvalue weighted by Gasteiger charge is -2.10. The number of hydrogen-bond donors (Lipinski definition) is 2. The molecule has 0 bridgehead atoms. The highest BCUT2D eigenvalue weighted by Gasteiger charge is 2.07. The van der Waals surface area contributed by atoms with Crippen molar-refractivity contribution >= 4 is 38.9 Å². The number of anilines is 1. The van der Waals surface area contributed by atoms with Crippen LogP contribution in [0.4, 0.5) is 5.69 Å². The minimum Gasteiger partial charge on any atom is -0.380 e. The molecule has 20 heavy (non-hydrogen) atoms. The first-order valence-corrected chi connectivity index (χ1v) is 7.93. The molecule has 1 aromatic carbocycles. The fraction of sp³-hybridized carbons (Fsp3) is 0.267. The third-order valence-electron chi connectivity index (χ3n) is 3.09. The summed E-state index contributed by atoms with van der Waals surface area (Å²) in [6.45, 7) is 4.89. The molecule has 1 aromatic heterocycles. The van der Waals surface area contributed by atoms with Crippen LogP contribution in [0.5, 0.6) is 0 Å². The molecule has 2 N–H and O–H groups in total. The van der Waals surface area contributed by atoms with Crippen LogP contribution in [-0.4, -0.2) is 13.0 Å². The third-order valence-corrected chi connectivity index (χ3v) is 5.22. The first kappa shape index (κ1) is 15.1. The Labute approximate surface area is 131 Å². The maximum Gasteiger partial charge on any atom is 0.251 e. The summed E-state index contributed by atoms with van der Waals surface area (Å²) in [7, 11) is 1.64. The fourth-order valence-electron chi connectivity index (χ4n) is 1.89. The highest BCUT2D eigenvalue weighted by Crippen LogP contribution is 2.27. The van der Waals surface area contributed by atoms with Gasteiger partial charge in [0, 0.05) is 39.1 Å². The van der Waals surface area contributed by atoms with Gasteiger partial charge in [0.25, 0.3) is 5.91 Å². The predicted molar refractivity (Wildman–Crippen MR) is 88.7 cm³/mol. The molecule has 106 valence electrons. The molecule has 5 heteroatoms. The molecule has 3 nitrogen and oxygen atoms in total. The number of nitrogens with one attached hydrogen (secondary N) is 2. The maximum absolute atomic E-state index is 11.7. The second-order valence-electron chi connectivity index (χ2n) is 4.58. The van der Waals surface area contributed by atoms with Crippen molar-refractivity contribution < 1.29 is 4.79 Å². The quantitative estimate of drug-likeness (QED) is 0.869. The molecule has 0 aliphatic heterocycles. The van der Waals surface area contributed by atoms with Crippen molar-refractivity contribution in [1.29, 1.82) is 0 Å². The molecule has 0 aliphatic carbocycles. The molecular weight excluding hydrogens is 336 g/mol. The number of thiophene rings is 1. The van der Waals surface area contributed by atoms with E-state index >= 15 is 0 Å². The van der Waals surface area contributed by atoms with Gasteiger partial charge in [-0.2, -0.15) is 0 Å². The normalized spacial score (nSPS) is 10.4. The molecule has 2 aromatic rings. The number of halogens is 1. The highest BCUT2D eigenvalue weighted by molar-refractivity contribution is 9.10. The summed E-state index contributed by atoms with van der Waals surface area (Å²) >= 11 is 5.29. The van der Waals surface area contributed by atoms with Gasteiger partial charge < -0.3 is 10.6 Å². The Kier molecular flexibility index (Phi) is 4.83. The lowest BCUT2D eigenvalue weighted by atomic mass is 10.1. The molecule has 1 amide bonds. The maximum atomic E-state index is 11.7. The summed E-state index contributed by atoms with van der Waals surface area (Å²) in [6, 6.07) is 7.82. The predicted octanol–water partition coefficient (Wildman–Crippen LogP) is 4.10. The molecule has 0 atom stereocenters. The van der Waals surface area contributed by atoms with E-state index in [2.05, 4.69) is 39.6 Å². The summed E-state index contributed by atoms with van der Waals surface area (Å²) in [5.41, 5.74) is 2.79. The number of carbonyl (C=O) groups is 1. The van der Waals surface area contributed by atoms with Crippen molar-refractivity contribution in [2.45, 2.75) is 20.4 Å². The van der Waals surface area contributed by atoms with Crippen LogP contribution in [0.25, 0.3) is 0 Å². The van der Waals surface area contributed by atoms with Gasteiger partial charge in [0.05, 0.1) is 0 Å². The van der Waals surface area contributed by atoms with Gasteiger partial charge in [0.1, 0.15) is 0 Å². The van der Waals surface area contributed by atoms with Crippen LogP contribution in [0.3, 0.4) is 0 Å². The Bertz CT molecular complexity index is 617. The number of aryl methyl sites for hydroxylation is 2. The van der Waals surface area contributed by atoms with Crippen LogP contribution < -0.4 is 10.6 Å². The van der Waals surface area contributed by atoms with Crippen molar-refractivity contribution in [3.05, 3.63) is 49.6 Å². The van der Waals surface area contributed by atoms with Crippen LogP contribution >= 0.6 is 27.3 Å². The average molecular weight is 353 g/mol. The molecule has 0 saturated carbocycles. The van der Waals surface area contributed by atoms with Crippen LogP contribution in [0.1, 0.15) is 25.7 Å². The Morgan fingerprint density at radius 1 is 1.30 bits per heavy atom. The van der Waals surface area contributed by atoms with Gasteiger partial charge in [0.2, 0.25) is 0 Å². The monoisotopic (exact) mass is 352 g/mol. The lowest BCUT2D eigenvalue weighted by Crippen LogP contribution is -2.18. The van der Waals surface area contributed by atoms with Crippen LogP contribution in [-0.2, 0) is 6.54 Å². The zero-order chi connectivity index (χ0) is 14.7. The standard InChI is InChI=1S/C15H17BrN2OS/c1-9-4-5-11(15(19)17-3)6-14(9)18-8-12-7-13(16)10(2)20-12/h4-7,18H,8H2,1-3H3,(H,17,19). The van der Waals surface area contributed by atoms with Gasteiger partial charge in [0.15, 0.2) is 0 Å². The van der Waals surface area contributed by atoms with E-state index in [0.717, 1.165) is 22.3 Å². The molecule has 1 heterocycles. The minimum atomic E-state index is -0.0669. The summed E-state index contributed by atoms with van der Waals surface area (Å²) in [5, 5.41) is 6.04. The van der Waals surface area contributed by atoms with Gasteiger partial charge in [-0.15, -0.1) is 11.3 Å². The molecule has 0 fully saturated rings. The number of carbonyl (C=O) groups excluding carboxylic acids is 1. The van der Waals surface area contributed by atoms with Gasteiger partial charge in [-0.1, -0.05) is 6.07 Å². The van der Waals surface area contributed by atoms with Crippen molar-refractivity contribution in [3.63, 3.8) is 0 Å². The number of amides is 1. The molecule has 0 saturated heterocycles. The fourth-order valence-corrected chi connectivity index (χ4v) is 3.43. The Morgan fingerprint density at radius 3 is 2.65 bits per heavy atom. The highest BCUT2D eigenvalue weighted by atomic mass is 79.9. The van der Waals surface area contributed by atoms with E-state index in [4.69, 9.17) is 0 Å². The summed E-state index contributed by atoms with van der Waals surface area (Å²) in [6.07, 6.45) is 0. The second kappa shape index (κ2) is 6.41. The van der Waals surface area contributed by atoms with Gasteiger partial charge in [-0.3, -0.25) is 4.79 Å². The number of benzene rings is 1. The van der Waals surface area contributed by atoms with Crippen molar-refractivity contribution in [2.75, 3.05) is 12.4 Å². The zero-order valence-corrected chi connectivity index (χ0v) is 14.1. The number of rotatable bonds is 4. The molecule has 2 rings (SSSR count). The van der Waals surface area contributed by atoms with Crippen molar-refractivity contribution in [3.8, 4) is 0 Å². The van der Waals surface area contributed by atoms with Crippen LogP contribution in [0, 0.1) is 13.8 Å². The molecular formula is C15H17BrN2OS. The molecule has 0 aliphatic rings. The third kappa shape index (κ3) is 3.41. The minimum absolute atomic E-state index is 0.0669. The smallest absolute Gasteiger partial charge is 0.251 e. The van der Waals surface area contributed by atoms with Crippen LogP contribution in [0.2, 0.25) is 0 Å². The van der Waals surface area contributed by atoms with E-state index in [9.17, 15) is 4.79 Å². The van der Waals surface area contributed by atoms with Gasteiger partial charge in [-0.25, -0.2) is 0 Å².